The number of piperazine rings is 1. The van der Waals surface area contributed by atoms with Gasteiger partial charge in [-0.1, -0.05) is 62.2 Å². The lowest BCUT2D eigenvalue weighted by Crippen LogP contribution is -2.50. The number of methoxy groups -OCH3 is 1. The van der Waals surface area contributed by atoms with Gasteiger partial charge in [-0.25, -0.2) is 13.6 Å². The molecular weight excluding hydrogens is 711 g/mol. The second-order valence-corrected chi connectivity index (χ2v) is 15.7. The molecule has 0 aromatic heterocycles. The Labute approximate surface area is 314 Å². The van der Waals surface area contributed by atoms with E-state index in [4.69, 9.17) is 32.7 Å². The van der Waals surface area contributed by atoms with E-state index < -0.39 is 46.9 Å². The zero-order valence-corrected chi connectivity index (χ0v) is 31.9. The summed E-state index contributed by atoms with van der Waals surface area (Å²) in [5, 5.41) is 15.6. The van der Waals surface area contributed by atoms with Gasteiger partial charge < -0.3 is 30.4 Å². The Hall–Kier alpha value is -3.61. The molecule has 0 aliphatic carbocycles. The lowest BCUT2D eigenvalue weighted by atomic mass is 9.59. The third-order valence-electron chi connectivity index (χ3n) is 10.1. The van der Waals surface area contributed by atoms with Gasteiger partial charge in [-0.3, -0.25) is 9.69 Å². The molecule has 4 atom stereocenters. The maximum atomic E-state index is 16.2. The van der Waals surface area contributed by atoms with Crippen LogP contribution in [-0.2, 0) is 14.9 Å². The summed E-state index contributed by atoms with van der Waals surface area (Å²) in [6.45, 7) is 12.1. The fourth-order valence-electron chi connectivity index (χ4n) is 7.60. The molecule has 9 nitrogen and oxygen atoms in total. The van der Waals surface area contributed by atoms with Gasteiger partial charge >= 0.3 is 5.97 Å². The molecule has 2 saturated heterocycles. The van der Waals surface area contributed by atoms with Crippen molar-refractivity contribution >= 4 is 46.5 Å². The molecule has 3 aromatic rings. The average molecular weight is 759 g/mol. The number of likely N-dealkylation sites (N-methyl/N-ethyl adjacent to an activating group) is 1. The van der Waals surface area contributed by atoms with E-state index in [-0.39, 0.29) is 55.9 Å². The second-order valence-electron chi connectivity index (χ2n) is 14.9. The summed E-state index contributed by atoms with van der Waals surface area (Å²) < 4.78 is 43.5. The first-order valence-electron chi connectivity index (χ1n) is 17.3. The van der Waals surface area contributed by atoms with Gasteiger partial charge in [-0.15, -0.1) is 0 Å². The van der Waals surface area contributed by atoms with Crippen molar-refractivity contribution in [1.29, 1.82) is 5.41 Å². The van der Waals surface area contributed by atoms with Gasteiger partial charge in [0.2, 0.25) is 5.91 Å². The molecule has 2 aliphatic rings. The summed E-state index contributed by atoms with van der Waals surface area (Å²) >= 11 is 12.5. The Morgan fingerprint density at radius 2 is 1.77 bits per heavy atom. The number of nitrogens with zero attached hydrogens (tertiary/aromatic N) is 2. The molecular formula is C39H47Cl2F2N5O4. The van der Waals surface area contributed by atoms with Crippen molar-refractivity contribution in [2.75, 3.05) is 58.8 Å². The Balaban J connectivity index is 1.50. The summed E-state index contributed by atoms with van der Waals surface area (Å²) in [4.78, 5) is 32.0. The molecule has 0 unspecified atom stereocenters. The lowest BCUT2D eigenvalue weighted by molar-refractivity contribution is -0.118. The molecule has 0 spiro atoms. The van der Waals surface area contributed by atoms with Crippen LogP contribution in [0, 0.1) is 22.5 Å². The quantitative estimate of drug-likeness (QED) is 0.141. The number of carbonyl (C=O) groups excluding carboxylic acids is 2. The number of amides is 1. The van der Waals surface area contributed by atoms with Crippen LogP contribution in [0.15, 0.2) is 54.6 Å². The predicted molar refractivity (Wildman–Crippen MR) is 201 cm³/mol. The Morgan fingerprint density at radius 3 is 2.40 bits per heavy atom. The highest BCUT2D eigenvalue weighted by Crippen LogP contribution is 2.54. The topological polar surface area (TPSA) is 107 Å². The van der Waals surface area contributed by atoms with Gasteiger partial charge in [-0.2, -0.15) is 0 Å². The molecule has 52 heavy (non-hydrogen) atoms. The van der Waals surface area contributed by atoms with Crippen molar-refractivity contribution in [2.24, 2.45) is 5.41 Å². The number of hydrogen-bond donors (Lipinski definition) is 3. The molecule has 1 amide bonds. The minimum absolute atomic E-state index is 0.0308. The summed E-state index contributed by atoms with van der Waals surface area (Å²) in [6.07, 6.45) is 0.392. The third-order valence-corrected chi connectivity index (χ3v) is 10.6. The lowest BCUT2D eigenvalue weighted by Gasteiger charge is -2.42. The standard InChI is InChI=1S/C39H47Cl2F2N5O4/c1-23(44)39(27-12-11-25(40)21-29(27)42)32(22-38(2,3)4)46-35(33(39)26-8-7-9-28(41)34(26)43)36(49)45-30-13-10-24(20-31(30)51-6)37(50)52-19-18-48-16-14-47(5)15-17-48/h7-13,20-21,32-33,35,44,46H,14-19,22H2,1-6H3,(H,45,49)/t32-,33-,35+,39-/m0/s1. The monoisotopic (exact) mass is 757 g/mol. The first-order chi connectivity index (χ1) is 24.6. The molecule has 0 bridgehead atoms. The van der Waals surface area contributed by atoms with Crippen LogP contribution in [0.25, 0.3) is 0 Å². The maximum absolute atomic E-state index is 16.2. The van der Waals surface area contributed by atoms with Crippen LogP contribution in [-0.4, -0.2) is 93.0 Å². The number of ether oxygens (including phenoxy) is 2. The number of benzene rings is 3. The largest absolute Gasteiger partial charge is 0.495 e. The molecule has 3 N–H and O–H groups in total. The zero-order chi connectivity index (χ0) is 38.0. The molecule has 0 radical (unpaired) electrons. The van der Waals surface area contributed by atoms with Gasteiger partial charge in [0.1, 0.15) is 24.0 Å². The van der Waals surface area contributed by atoms with Crippen molar-refractivity contribution < 1.29 is 27.8 Å². The maximum Gasteiger partial charge on any atom is 0.338 e. The second kappa shape index (κ2) is 16.2. The van der Waals surface area contributed by atoms with E-state index in [9.17, 15) is 15.0 Å². The highest BCUT2D eigenvalue weighted by Gasteiger charge is 2.61. The summed E-state index contributed by atoms with van der Waals surface area (Å²) in [6, 6.07) is 11.4. The smallest absolute Gasteiger partial charge is 0.338 e. The molecule has 2 heterocycles. The van der Waals surface area contributed by atoms with E-state index in [0.29, 0.717) is 13.0 Å². The Morgan fingerprint density at radius 1 is 1.06 bits per heavy atom. The van der Waals surface area contributed by atoms with Crippen molar-refractivity contribution in [3.63, 3.8) is 0 Å². The highest BCUT2D eigenvalue weighted by molar-refractivity contribution is 6.31. The zero-order valence-electron chi connectivity index (χ0n) is 30.4. The number of nitrogens with one attached hydrogen (secondary N) is 3. The van der Waals surface area contributed by atoms with Crippen LogP contribution < -0.4 is 15.4 Å². The molecule has 3 aromatic carbocycles. The molecule has 13 heteroatoms. The van der Waals surface area contributed by atoms with Crippen LogP contribution in [0.2, 0.25) is 10.0 Å². The normalized spacial score (nSPS) is 22.6. The molecule has 5 rings (SSSR count). The van der Waals surface area contributed by atoms with E-state index in [1.807, 2.05) is 20.8 Å². The van der Waals surface area contributed by atoms with E-state index >= 15 is 8.78 Å². The fourth-order valence-corrected chi connectivity index (χ4v) is 7.94. The van der Waals surface area contributed by atoms with Crippen molar-refractivity contribution in [2.45, 2.75) is 57.5 Å². The van der Waals surface area contributed by atoms with Crippen LogP contribution in [0.4, 0.5) is 14.5 Å². The van der Waals surface area contributed by atoms with Crippen LogP contribution in [0.3, 0.4) is 0 Å². The SMILES string of the molecule is COc1cc(C(=O)OCCN2CCN(C)CC2)ccc1NC(=O)[C@@H]1N[C@@H](CC(C)(C)C)[C@](C(C)=N)(c2ccc(Cl)cc2F)[C@H]1c1cccc(Cl)c1F. The molecule has 280 valence electrons. The van der Waals surface area contributed by atoms with Crippen molar-refractivity contribution in [1.82, 2.24) is 15.1 Å². The highest BCUT2D eigenvalue weighted by atomic mass is 35.5. The van der Waals surface area contributed by atoms with Gasteiger partial charge in [0.05, 0.1) is 34.8 Å². The Kier molecular flexibility index (Phi) is 12.3. The first kappa shape index (κ1) is 39.6. The third kappa shape index (κ3) is 8.29. The number of esters is 1. The van der Waals surface area contributed by atoms with Crippen LogP contribution >= 0.6 is 23.2 Å². The molecule has 0 saturated carbocycles. The summed E-state index contributed by atoms with van der Waals surface area (Å²) in [7, 11) is 3.49. The van der Waals surface area contributed by atoms with Crippen LogP contribution in [0.5, 0.6) is 5.75 Å². The van der Waals surface area contributed by atoms with E-state index in [0.717, 1.165) is 26.2 Å². The average Bonchev–Trinajstić information content (AvgIpc) is 3.40. The predicted octanol–water partition coefficient (Wildman–Crippen LogP) is 7.16. The number of anilines is 1. The Bertz CT molecular complexity index is 1810. The van der Waals surface area contributed by atoms with Gasteiger partial charge in [0.15, 0.2) is 0 Å². The number of halogens is 4. The van der Waals surface area contributed by atoms with E-state index in [2.05, 4.69) is 27.5 Å². The number of hydrogen-bond acceptors (Lipinski definition) is 8. The number of rotatable bonds is 11. The van der Waals surface area contributed by atoms with Crippen molar-refractivity contribution in [3.05, 3.63) is 93.0 Å². The van der Waals surface area contributed by atoms with Gasteiger partial charge in [-0.05, 0) is 67.8 Å². The van der Waals surface area contributed by atoms with Crippen molar-refractivity contribution in [3.8, 4) is 5.75 Å². The minimum Gasteiger partial charge on any atom is -0.495 e. The van der Waals surface area contributed by atoms with Gasteiger partial charge in [0, 0.05) is 61.0 Å². The molecule has 2 fully saturated rings. The van der Waals surface area contributed by atoms with E-state index in [1.54, 1.807) is 19.1 Å². The van der Waals surface area contributed by atoms with Gasteiger partial charge in [0.25, 0.3) is 0 Å². The minimum atomic E-state index is -1.54. The van der Waals surface area contributed by atoms with E-state index in [1.165, 1.54) is 49.6 Å². The number of carbonyl (C=O) groups is 2. The first-order valence-corrected chi connectivity index (χ1v) is 18.1. The summed E-state index contributed by atoms with van der Waals surface area (Å²) in [5.41, 5.74) is -1.21. The van der Waals surface area contributed by atoms with Crippen LogP contribution in [0.1, 0.15) is 61.5 Å². The molecule has 2 aliphatic heterocycles. The summed E-state index contributed by atoms with van der Waals surface area (Å²) in [5.74, 6) is -3.48. The fraction of sp³-hybridized carbons (Fsp3) is 0.462.